The lowest BCUT2D eigenvalue weighted by atomic mass is 10.2. The molecule has 22 heavy (non-hydrogen) atoms. The summed E-state index contributed by atoms with van der Waals surface area (Å²) in [7, 11) is 0. The molecule has 2 rings (SSSR count). The van der Waals surface area contributed by atoms with Crippen molar-refractivity contribution in [2.75, 3.05) is 19.6 Å². The van der Waals surface area contributed by atoms with E-state index in [0.29, 0.717) is 0 Å². The van der Waals surface area contributed by atoms with E-state index >= 15 is 0 Å². The van der Waals surface area contributed by atoms with Crippen molar-refractivity contribution >= 4 is 5.96 Å². The van der Waals surface area contributed by atoms with E-state index in [0.717, 1.165) is 44.4 Å². The van der Waals surface area contributed by atoms with E-state index in [2.05, 4.69) is 63.3 Å². The largest absolute Gasteiger partial charge is 0.357 e. The first kappa shape index (κ1) is 16.1. The summed E-state index contributed by atoms with van der Waals surface area (Å²) in [6, 6.07) is 10.4. The number of guanidine groups is 1. The van der Waals surface area contributed by atoms with Gasteiger partial charge in [-0.15, -0.1) is 0 Å². The van der Waals surface area contributed by atoms with E-state index in [-0.39, 0.29) is 0 Å². The zero-order valence-electron chi connectivity index (χ0n) is 13.4. The first-order valence-corrected chi connectivity index (χ1v) is 7.89. The van der Waals surface area contributed by atoms with Crippen LogP contribution in [0.2, 0.25) is 0 Å². The van der Waals surface area contributed by atoms with Crippen LogP contribution in [0.1, 0.15) is 25.2 Å². The average Bonchev–Trinajstić information content (AvgIpc) is 2.96. The average molecular weight is 299 g/mol. The van der Waals surface area contributed by atoms with E-state index in [1.165, 1.54) is 5.56 Å². The molecular weight excluding hydrogens is 274 g/mol. The second kappa shape index (κ2) is 8.87. The Bertz CT molecular complexity index is 566. The number of imidazole rings is 1. The summed E-state index contributed by atoms with van der Waals surface area (Å²) in [5.41, 5.74) is 1.28. The molecule has 2 N–H and O–H groups in total. The Morgan fingerprint density at radius 3 is 2.55 bits per heavy atom. The van der Waals surface area contributed by atoms with E-state index in [1.807, 2.05) is 18.5 Å². The van der Waals surface area contributed by atoms with E-state index in [9.17, 15) is 0 Å². The van der Waals surface area contributed by atoms with Gasteiger partial charge < -0.3 is 15.2 Å². The summed E-state index contributed by atoms with van der Waals surface area (Å²) in [6.07, 6.45) is 4.72. The first-order valence-electron chi connectivity index (χ1n) is 7.89. The van der Waals surface area contributed by atoms with Crippen LogP contribution in [0, 0.1) is 0 Å². The van der Waals surface area contributed by atoms with Crippen LogP contribution in [0.4, 0.5) is 0 Å². The fraction of sp³-hybridized carbons (Fsp3) is 0.412. The number of hydrogen-bond donors (Lipinski definition) is 2. The Kier molecular flexibility index (Phi) is 6.48. The molecule has 0 aliphatic heterocycles. The Balaban J connectivity index is 1.93. The van der Waals surface area contributed by atoms with Gasteiger partial charge in [-0.05, 0) is 19.4 Å². The van der Waals surface area contributed by atoms with Crippen LogP contribution in [0.3, 0.4) is 0 Å². The van der Waals surface area contributed by atoms with E-state index in [4.69, 9.17) is 0 Å². The summed E-state index contributed by atoms with van der Waals surface area (Å²) in [5, 5.41) is 6.46. The van der Waals surface area contributed by atoms with E-state index in [1.54, 1.807) is 0 Å². The Morgan fingerprint density at radius 2 is 1.86 bits per heavy atom. The van der Waals surface area contributed by atoms with Gasteiger partial charge in [0.15, 0.2) is 5.96 Å². The minimum atomic E-state index is 0.723. The maximum atomic E-state index is 4.57. The molecule has 0 atom stereocenters. The van der Waals surface area contributed by atoms with Crippen LogP contribution in [0.5, 0.6) is 0 Å². The molecule has 118 valence electrons. The van der Waals surface area contributed by atoms with Crippen molar-refractivity contribution < 1.29 is 0 Å². The highest BCUT2D eigenvalue weighted by Gasteiger charge is 2.03. The molecule has 0 aliphatic rings. The molecule has 5 nitrogen and oxygen atoms in total. The highest BCUT2D eigenvalue weighted by molar-refractivity contribution is 5.79. The molecule has 1 aromatic heterocycles. The van der Waals surface area contributed by atoms with Crippen LogP contribution in [-0.2, 0) is 13.0 Å². The smallest absolute Gasteiger partial charge is 0.191 e. The number of aliphatic imine (C=N–C) groups is 1. The van der Waals surface area contributed by atoms with Gasteiger partial charge >= 0.3 is 0 Å². The number of rotatable bonds is 7. The molecular formula is C17H25N5. The van der Waals surface area contributed by atoms with Crippen molar-refractivity contribution in [2.24, 2.45) is 4.99 Å². The second-order valence-corrected chi connectivity index (χ2v) is 5.00. The van der Waals surface area contributed by atoms with Crippen LogP contribution in [-0.4, -0.2) is 35.1 Å². The predicted molar refractivity (Wildman–Crippen MR) is 91.1 cm³/mol. The summed E-state index contributed by atoms with van der Waals surface area (Å²) < 4.78 is 2.19. The normalized spacial score (nSPS) is 10.3. The van der Waals surface area contributed by atoms with Gasteiger partial charge in [0.2, 0.25) is 0 Å². The molecule has 2 aromatic rings. The van der Waals surface area contributed by atoms with Crippen molar-refractivity contribution in [3.63, 3.8) is 0 Å². The third-order valence-electron chi connectivity index (χ3n) is 3.29. The third-order valence-corrected chi connectivity index (χ3v) is 3.29. The van der Waals surface area contributed by atoms with Crippen LogP contribution in [0.15, 0.2) is 47.7 Å². The molecule has 1 heterocycles. The lowest BCUT2D eigenvalue weighted by Crippen LogP contribution is -2.37. The molecule has 0 bridgehead atoms. The summed E-state index contributed by atoms with van der Waals surface area (Å²) >= 11 is 0. The Hall–Kier alpha value is -2.30. The standard InChI is InChI=1S/C17H25N5/c1-3-18-17(19-4-2)21-11-10-16-20-12-13-22(16)14-15-8-6-5-7-9-15/h5-9,12-13H,3-4,10-11,14H2,1-2H3,(H2,18,19,21). The minimum Gasteiger partial charge on any atom is -0.357 e. The molecule has 1 aromatic carbocycles. The molecule has 0 aliphatic carbocycles. The Morgan fingerprint density at radius 1 is 1.14 bits per heavy atom. The van der Waals surface area contributed by atoms with Crippen LogP contribution < -0.4 is 10.6 Å². The van der Waals surface area contributed by atoms with Crippen LogP contribution in [0.25, 0.3) is 0 Å². The molecule has 0 unspecified atom stereocenters. The summed E-state index contributed by atoms with van der Waals surface area (Å²) in [4.78, 5) is 9.02. The molecule has 0 spiro atoms. The maximum absolute atomic E-state index is 4.57. The van der Waals surface area contributed by atoms with Gasteiger partial charge in [0.05, 0.1) is 0 Å². The highest BCUT2D eigenvalue weighted by atomic mass is 15.2. The Labute approximate surface area is 132 Å². The lowest BCUT2D eigenvalue weighted by Gasteiger charge is -2.10. The van der Waals surface area contributed by atoms with Crippen molar-refractivity contribution in [3.8, 4) is 0 Å². The van der Waals surface area contributed by atoms with Gasteiger partial charge in [0, 0.05) is 45.0 Å². The predicted octanol–water partition coefficient (Wildman–Crippen LogP) is 2.05. The number of nitrogens with zero attached hydrogens (tertiary/aromatic N) is 3. The van der Waals surface area contributed by atoms with Crippen molar-refractivity contribution in [1.82, 2.24) is 20.2 Å². The van der Waals surface area contributed by atoms with Gasteiger partial charge in [-0.1, -0.05) is 30.3 Å². The quantitative estimate of drug-likeness (QED) is 0.608. The number of aromatic nitrogens is 2. The molecule has 5 heteroatoms. The number of benzene rings is 1. The van der Waals surface area contributed by atoms with Gasteiger partial charge in [-0.25, -0.2) is 4.98 Å². The van der Waals surface area contributed by atoms with Crippen molar-refractivity contribution in [1.29, 1.82) is 0 Å². The maximum Gasteiger partial charge on any atom is 0.191 e. The minimum absolute atomic E-state index is 0.723. The number of hydrogen-bond acceptors (Lipinski definition) is 2. The second-order valence-electron chi connectivity index (χ2n) is 5.00. The van der Waals surface area contributed by atoms with Gasteiger partial charge in [0.25, 0.3) is 0 Å². The fourth-order valence-electron chi connectivity index (χ4n) is 2.27. The fourth-order valence-corrected chi connectivity index (χ4v) is 2.27. The van der Waals surface area contributed by atoms with Crippen molar-refractivity contribution in [3.05, 3.63) is 54.1 Å². The zero-order valence-corrected chi connectivity index (χ0v) is 13.4. The molecule has 0 radical (unpaired) electrons. The molecule has 0 saturated carbocycles. The molecule has 0 fully saturated rings. The van der Waals surface area contributed by atoms with Crippen molar-refractivity contribution in [2.45, 2.75) is 26.8 Å². The SMILES string of the molecule is CCNC(=NCCc1nccn1Cc1ccccc1)NCC. The van der Waals surface area contributed by atoms with Gasteiger partial charge in [-0.2, -0.15) is 0 Å². The van der Waals surface area contributed by atoms with Crippen LogP contribution >= 0.6 is 0 Å². The monoisotopic (exact) mass is 299 g/mol. The topological polar surface area (TPSA) is 54.2 Å². The zero-order chi connectivity index (χ0) is 15.6. The highest BCUT2D eigenvalue weighted by Crippen LogP contribution is 2.06. The molecule has 0 saturated heterocycles. The summed E-state index contributed by atoms with van der Waals surface area (Å²) in [5.74, 6) is 1.94. The van der Waals surface area contributed by atoms with E-state index < -0.39 is 0 Å². The number of nitrogens with one attached hydrogen (secondary N) is 2. The summed E-state index contributed by atoms with van der Waals surface area (Å²) in [6.45, 7) is 7.45. The molecule has 0 amide bonds. The first-order chi connectivity index (χ1) is 10.8. The van der Waals surface area contributed by atoms with Gasteiger partial charge in [-0.3, -0.25) is 4.99 Å². The van der Waals surface area contributed by atoms with Gasteiger partial charge in [0.1, 0.15) is 5.82 Å². The lowest BCUT2D eigenvalue weighted by molar-refractivity contribution is 0.713. The third kappa shape index (κ3) is 4.91.